The van der Waals surface area contributed by atoms with Gasteiger partial charge >= 0.3 is 0 Å². The summed E-state index contributed by atoms with van der Waals surface area (Å²) in [4.78, 5) is 1.14. The van der Waals surface area contributed by atoms with Crippen molar-refractivity contribution < 1.29 is 4.74 Å². The zero-order chi connectivity index (χ0) is 14.5. The van der Waals surface area contributed by atoms with E-state index in [2.05, 4.69) is 63.9 Å². The van der Waals surface area contributed by atoms with Gasteiger partial charge in [0, 0.05) is 20.3 Å². The predicted molar refractivity (Wildman–Crippen MR) is 90.7 cm³/mol. The van der Waals surface area contributed by atoms with Crippen molar-refractivity contribution in [2.75, 3.05) is 6.61 Å². The van der Waals surface area contributed by atoms with Gasteiger partial charge in [-0.1, -0.05) is 19.9 Å². The molecule has 1 aliphatic heterocycles. The molecule has 106 valence electrons. The summed E-state index contributed by atoms with van der Waals surface area (Å²) in [5, 5.41) is 0. The van der Waals surface area contributed by atoms with Crippen LogP contribution >= 0.6 is 43.2 Å². The third-order valence-corrected chi connectivity index (χ3v) is 6.99. The Morgan fingerprint density at radius 2 is 2.05 bits per heavy atom. The molecule has 1 aromatic carbocycles. The molecule has 2 N–H and O–H groups in total. The summed E-state index contributed by atoms with van der Waals surface area (Å²) >= 11 is 8.70. The van der Waals surface area contributed by atoms with Crippen LogP contribution in [0.4, 0.5) is 0 Å². The van der Waals surface area contributed by atoms with Crippen LogP contribution < -0.4 is 10.5 Å². The average molecular weight is 417 g/mol. The molecule has 0 fully saturated rings. The van der Waals surface area contributed by atoms with Gasteiger partial charge in [-0.05, 0) is 55.6 Å². The predicted octanol–water partition coefficient (Wildman–Crippen LogP) is 4.99. The molecule has 0 aliphatic carbocycles. The van der Waals surface area contributed by atoms with E-state index in [0.29, 0.717) is 0 Å². The Hall–Kier alpha value is -0.360. The number of halogens is 2. The second-order valence-electron chi connectivity index (χ2n) is 5.68. The second-order valence-corrected chi connectivity index (χ2v) is 8.93. The quantitative estimate of drug-likeness (QED) is 0.748. The summed E-state index contributed by atoms with van der Waals surface area (Å²) < 4.78 is 7.85. The highest BCUT2D eigenvalue weighted by atomic mass is 79.9. The standard InChI is InChI=1S/C15H15Br2NOS/c1-15(2)7-19-11-4-3-8(5-9(11)15)13(18)12-6-10(16)14(17)20-12/h3-6,13H,7,18H2,1-2H3. The third-order valence-electron chi connectivity index (χ3n) is 3.65. The van der Waals surface area contributed by atoms with Crippen molar-refractivity contribution in [2.24, 2.45) is 5.73 Å². The van der Waals surface area contributed by atoms with Crippen LogP contribution in [0.1, 0.15) is 35.9 Å². The lowest BCUT2D eigenvalue weighted by Crippen LogP contribution is -2.19. The van der Waals surface area contributed by atoms with Crippen molar-refractivity contribution in [2.45, 2.75) is 25.3 Å². The lowest BCUT2D eigenvalue weighted by atomic mass is 9.85. The monoisotopic (exact) mass is 415 g/mol. The summed E-state index contributed by atoms with van der Waals surface area (Å²) in [6, 6.07) is 8.26. The fourth-order valence-corrected chi connectivity index (χ4v) is 4.53. The zero-order valence-electron chi connectivity index (χ0n) is 11.2. The van der Waals surface area contributed by atoms with Gasteiger partial charge in [0.1, 0.15) is 5.75 Å². The van der Waals surface area contributed by atoms with Crippen LogP contribution in [0.3, 0.4) is 0 Å². The van der Waals surface area contributed by atoms with Gasteiger partial charge in [0.25, 0.3) is 0 Å². The molecule has 0 amide bonds. The first-order chi connectivity index (χ1) is 9.38. The smallest absolute Gasteiger partial charge is 0.123 e. The van der Waals surface area contributed by atoms with Gasteiger partial charge in [-0.3, -0.25) is 0 Å². The van der Waals surface area contributed by atoms with Crippen LogP contribution in [0, 0.1) is 0 Å². The van der Waals surface area contributed by atoms with Crippen molar-refractivity contribution in [3.05, 3.63) is 48.5 Å². The van der Waals surface area contributed by atoms with Crippen LogP contribution in [-0.2, 0) is 5.41 Å². The molecule has 5 heteroatoms. The molecule has 2 aromatic rings. The summed E-state index contributed by atoms with van der Waals surface area (Å²) in [7, 11) is 0. The van der Waals surface area contributed by atoms with E-state index >= 15 is 0 Å². The van der Waals surface area contributed by atoms with Crippen LogP contribution in [0.5, 0.6) is 5.75 Å². The first-order valence-electron chi connectivity index (χ1n) is 6.36. The third kappa shape index (κ3) is 2.45. The van der Waals surface area contributed by atoms with E-state index in [1.807, 2.05) is 6.07 Å². The lowest BCUT2D eigenvalue weighted by molar-refractivity contribution is 0.291. The van der Waals surface area contributed by atoms with E-state index in [9.17, 15) is 0 Å². The molecule has 1 unspecified atom stereocenters. The van der Waals surface area contributed by atoms with Gasteiger partial charge in [0.05, 0.1) is 16.4 Å². The summed E-state index contributed by atoms with van der Waals surface area (Å²) in [6.45, 7) is 5.13. The highest BCUT2D eigenvalue weighted by Crippen LogP contribution is 2.41. The van der Waals surface area contributed by atoms with Gasteiger partial charge < -0.3 is 10.5 Å². The number of thiophene rings is 1. The maximum absolute atomic E-state index is 6.41. The summed E-state index contributed by atoms with van der Waals surface area (Å²) in [5.41, 5.74) is 8.84. The topological polar surface area (TPSA) is 35.2 Å². The molecular formula is C15H15Br2NOS. The largest absolute Gasteiger partial charge is 0.492 e. The molecule has 0 spiro atoms. The highest BCUT2D eigenvalue weighted by Gasteiger charge is 2.32. The molecule has 0 saturated carbocycles. The number of ether oxygens (including phenoxy) is 1. The molecule has 1 aromatic heterocycles. The van der Waals surface area contributed by atoms with E-state index in [-0.39, 0.29) is 11.5 Å². The zero-order valence-corrected chi connectivity index (χ0v) is 15.2. The fraction of sp³-hybridized carbons (Fsp3) is 0.333. The first kappa shape index (κ1) is 14.6. The fourth-order valence-electron chi connectivity index (χ4n) is 2.41. The van der Waals surface area contributed by atoms with E-state index in [1.165, 1.54) is 5.56 Å². The van der Waals surface area contributed by atoms with Gasteiger partial charge in [-0.15, -0.1) is 11.3 Å². The van der Waals surface area contributed by atoms with Crippen molar-refractivity contribution in [1.29, 1.82) is 0 Å². The number of nitrogens with two attached hydrogens (primary N) is 1. The number of fused-ring (bicyclic) bond motifs is 1. The Morgan fingerprint density at radius 1 is 1.30 bits per heavy atom. The number of benzene rings is 1. The summed E-state index contributed by atoms with van der Waals surface area (Å²) in [6.07, 6.45) is 0. The van der Waals surface area contributed by atoms with E-state index < -0.39 is 0 Å². The Kier molecular flexibility index (Phi) is 3.73. The maximum Gasteiger partial charge on any atom is 0.123 e. The Balaban J connectivity index is 1.99. The molecule has 1 atom stereocenters. The Labute approximate surface area is 139 Å². The first-order valence-corrected chi connectivity index (χ1v) is 8.76. The minimum absolute atomic E-state index is 0.0572. The van der Waals surface area contributed by atoms with Crippen molar-refractivity contribution in [3.63, 3.8) is 0 Å². The van der Waals surface area contributed by atoms with E-state index in [0.717, 1.165) is 31.1 Å². The number of rotatable bonds is 2. The normalized spacial score (nSPS) is 17.6. The highest BCUT2D eigenvalue weighted by molar-refractivity contribution is 9.13. The minimum Gasteiger partial charge on any atom is -0.492 e. The molecule has 2 heterocycles. The SMILES string of the molecule is CC1(C)COc2ccc(C(N)c3cc(Br)c(Br)s3)cc21. The van der Waals surface area contributed by atoms with Crippen LogP contribution in [0.25, 0.3) is 0 Å². The molecule has 0 radical (unpaired) electrons. The number of hydrogen-bond donors (Lipinski definition) is 1. The van der Waals surface area contributed by atoms with Crippen molar-refractivity contribution in [1.82, 2.24) is 0 Å². The van der Waals surface area contributed by atoms with Gasteiger partial charge in [0.15, 0.2) is 0 Å². The Morgan fingerprint density at radius 3 is 2.70 bits per heavy atom. The van der Waals surface area contributed by atoms with Gasteiger partial charge in [0.2, 0.25) is 0 Å². The molecule has 0 saturated heterocycles. The minimum atomic E-state index is -0.107. The maximum atomic E-state index is 6.41. The second kappa shape index (κ2) is 5.13. The molecular weight excluding hydrogens is 402 g/mol. The molecule has 0 bridgehead atoms. The average Bonchev–Trinajstić information content (AvgIpc) is 2.90. The van der Waals surface area contributed by atoms with Gasteiger partial charge in [-0.2, -0.15) is 0 Å². The number of hydrogen-bond acceptors (Lipinski definition) is 3. The molecule has 2 nitrogen and oxygen atoms in total. The van der Waals surface area contributed by atoms with Crippen LogP contribution in [0.2, 0.25) is 0 Å². The van der Waals surface area contributed by atoms with E-state index in [4.69, 9.17) is 10.5 Å². The van der Waals surface area contributed by atoms with Crippen molar-refractivity contribution >= 4 is 43.2 Å². The van der Waals surface area contributed by atoms with Crippen LogP contribution in [-0.4, -0.2) is 6.61 Å². The van der Waals surface area contributed by atoms with Crippen molar-refractivity contribution in [3.8, 4) is 5.75 Å². The Bertz CT molecular complexity index is 646. The lowest BCUT2D eigenvalue weighted by Gasteiger charge is -2.17. The van der Waals surface area contributed by atoms with E-state index in [1.54, 1.807) is 11.3 Å². The molecule has 20 heavy (non-hydrogen) atoms. The summed E-state index contributed by atoms with van der Waals surface area (Å²) in [5.74, 6) is 0.986. The molecule has 1 aliphatic rings. The van der Waals surface area contributed by atoms with Crippen LogP contribution in [0.15, 0.2) is 32.5 Å². The molecule has 3 rings (SSSR count). The van der Waals surface area contributed by atoms with Gasteiger partial charge in [-0.25, -0.2) is 0 Å².